The highest BCUT2D eigenvalue weighted by Gasteiger charge is 2.09. The summed E-state index contributed by atoms with van der Waals surface area (Å²) in [6, 6.07) is 13.2. The van der Waals surface area contributed by atoms with E-state index in [4.69, 9.17) is 20.9 Å². The van der Waals surface area contributed by atoms with Crippen LogP contribution in [0.25, 0.3) is 0 Å². The van der Waals surface area contributed by atoms with Crippen LogP contribution in [0.4, 0.5) is 11.4 Å². The second-order valence-corrected chi connectivity index (χ2v) is 5.60. The van der Waals surface area contributed by atoms with Crippen LogP contribution in [0.5, 0.6) is 11.5 Å². The van der Waals surface area contributed by atoms with Crippen LogP contribution >= 0.6 is 0 Å². The van der Waals surface area contributed by atoms with Crippen molar-refractivity contribution in [2.45, 2.75) is 13.0 Å². The highest BCUT2D eigenvalue weighted by molar-refractivity contribution is 5.71. The van der Waals surface area contributed by atoms with E-state index in [-0.39, 0.29) is 6.61 Å². The van der Waals surface area contributed by atoms with Crippen molar-refractivity contribution in [3.05, 3.63) is 48.0 Å². The topological polar surface area (TPSA) is 103 Å². The maximum atomic E-state index is 9.96. The number of anilines is 2. The average Bonchev–Trinajstić information content (AvgIpc) is 2.57. The second kappa shape index (κ2) is 9.00. The van der Waals surface area contributed by atoms with Gasteiger partial charge >= 0.3 is 0 Å². The molecule has 0 radical (unpaired) electrons. The first-order valence-corrected chi connectivity index (χ1v) is 7.91. The summed E-state index contributed by atoms with van der Waals surface area (Å²) in [5, 5.41) is 13.1. The molecule has 0 saturated carbocycles. The van der Waals surface area contributed by atoms with Crippen molar-refractivity contribution in [3.8, 4) is 11.5 Å². The van der Waals surface area contributed by atoms with Crippen LogP contribution in [0.3, 0.4) is 0 Å². The Morgan fingerprint density at radius 3 is 2.62 bits per heavy atom. The SMILES string of the molecule is Cc1cc(N)c(N)c(OCC(O)CNCCOc2ccccc2)c1. The first-order valence-electron chi connectivity index (χ1n) is 7.91. The summed E-state index contributed by atoms with van der Waals surface area (Å²) in [7, 11) is 0. The summed E-state index contributed by atoms with van der Waals surface area (Å²) in [6.45, 7) is 3.61. The van der Waals surface area contributed by atoms with Crippen LogP contribution in [-0.2, 0) is 0 Å². The molecule has 0 amide bonds. The van der Waals surface area contributed by atoms with Gasteiger partial charge in [-0.15, -0.1) is 0 Å². The van der Waals surface area contributed by atoms with Gasteiger partial charge in [-0.25, -0.2) is 0 Å². The van der Waals surface area contributed by atoms with Crippen molar-refractivity contribution in [3.63, 3.8) is 0 Å². The molecular weight excluding hydrogens is 306 g/mol. The Morgan fingerprint density at radius 1 is 1.12 bits per heavy atom. The minimum atomic E-state index is -0.650. The summed E-state index contributed by atoms with van der Waals surface area (Å²) >= 11 is 0. The van der Waals surface area contributed by atoms with Gasteiger partial charge in [0.05, 0.1) is 11.4 Å². The van der Waals surface area contributed by atoms with Gasteiger partial charge in [-0.05, 0) is 36.8 Å². The standard InChI is InChI=1S/C18H25N3O3/c1-13-9-16(19)18(20)17(10-13)24-12-14(22)11-21-7-8-23-15-5-3-2-4-6-15/h2-6,9-10,14,21-22H,7-8,11-12,19-20H2,1H3. The molecule has 0 saturated heterocycles. The molecule has 130 valence electrons. The van der Waals surface area contributed by atoms with Gasteiger partial charge in [0.1, 0.15) is 30.8 Å². The Labute approximate surface area is 142 Å². The zero-order valence-electron chi connectivity index (χ0n) is 13.9. The number of benzene rings is 2. The molecule has 0 bridgehead atoms. The second-order valence-electron chi connectivity index (χ2n) is 5.60. The van der Waals surface area contributed by atoms with Crippen molar-refractivity contribution in [2.75, 3.05) is 37.8 Å². The van der Waals surface area contributed by atoms with Crippen LogP contribution < -0.4 is 26.3 Å². The quantitative estimate of drug-likeness (QED) is 0.411. The van der Waals surface area contributed by atoms with E-state index < -0.39 is 6.10 Å². The van der Waals surface area contributed by atoms with Crippen LogP contribution in [0.1, 0.15) is 5.56 Å². The Morgan fingerprint density at radius 2 is 1.88 bits per heavy atom. The fraction of sp³-hybridized carbons (Fsp3) is 0.333. The number of nitrogens with one attached hydrogen (secondary N) is 1. The summed E-state index contributed by atoms with van der Waals surface area (Å²) < 4.78 is 11.1. The molecule has 0 fully saturated rings. The molecule has 0 spiro atoms. The number of nitrogens with two attached hydrogens (primary N) is 2. The lowest BCUT2D eigenvalue weighted by Crippen LogP contribution is -2.33. The molecule has 24 heavy (non-hydrogen) atoms. The minimum absolute atomic E-state index is 0.139. The fourth-order valence-corrected chi connectivity index (χ4v) is 2.18. The van der Waals surface area contributed by atoms with Gasteiger partial charge < -0.3 is 31.4 Å². The minimum Gasteiger partial charge on any atom is -0.492 e. The predicted molar refractivity (Wildman–Crippen MR) is 96.3 cm³/mol. The van der Waals surface area contributed by atoms with Crippen LogP contribution in [-0.4, -0.2) is 37.5 Å². The molecule has 6 N–H and O–H groups in total. The zero-order chi connectivity index (χ0) is 17.4. The van der Waals surface area contributed by atoms with Crippen molar-refractivity contribution in [1.29, 1.82) is 0 Å². The summed E-state index contributed by atoms with van der Waals surface area (Å²) in [6.07, 6.45) is -0.650. The smallest absolute Gasteiger partial charge is 0.144 e. The third-order valence-electron chi connectivity index (χ3n) is 3.42. The maximum absolute atomic E-state index is 9.96. The highest BCUT2D eigenvalue weighted by atomic mass is 16.5. The van der Waals surface area contributed by atoms with Gasteiger partial charge in [0.25, 0.3) is 0 Å². The van der Waals surface area contributed by atoms with E-state index in [9.17, 15) is 5.11 Å². The first-order chi connectivity index (χ1) is 11.6. The normalized spacial score (nSPS) is 11.9. The predicted octanol–water partition coefficient (Wildman–Crippen LogP) is 1.57. The molecule has 6 heteroatoms. The van der Waals surface area contributed by atoms with Crippen molar-refractivity contribution < 1.29 is 14.6 Å². The first kappa shape index (κ1) is 17.9. The fourth-order valence-electron chi connectivity index (χ4n) is 2.18. The average molecular weight is 331 g/mol. The lowest BCUT2D eigenvalue weighted by Gasteiger charge is -2.16. The molecule has 1 atom stereocenters. The Kier molecular flexibility index (Phi) is 6.72. The molecule has 2 rings (SSSR count). The number of aliphatic hydroxyl groups is 1. The number of para-hydroxylation sites is 1. The van der Waals surface area contributed by atoms with E-state index in [0.717, 1.165) is 11.3 Å². The van der Waals surface area contributed by atoms with E-state index in [1.807, 2.05) is 37.3 Å². The number of hydrogen-bond acceptors (Lipinski definition) is 6. The van der Waals surface area contributed by atoms with Gasteiger partial charge in [0, 0.05) is 13.1 Å². The number of ether oxygens (including phenoxy) is 2. The molecule has 0 aromatic heterocycles. The molecule has 0 aliphatic rings. The lowest BCUT2D eigenvalue weighted by molar-refractivity contribution is 0.106. The number of aryl methyl sites for hydroxylation is 1. The number of aliphatic hydroxyl groups excluding tert-OH is 1. The largest absolute Gasteiger partial charge is 0.492 e. The van der Waals surface area contributed by atoms with E-state index in [1.54, 1.807) is 12.1 Å². The summed E-state index contributed by atoms with van der Waals surface area (Å²) in [5.74, 6) is 1.33. The molecule has 6 nitrogen and oxygen atoms in total. The highest BCUT2D eigenvalue weighted by Crippen LogP contribution is 2.29. The Hall–Kier alpha value is -2.44. The maximum Gasteiger partial charge on any atom is 0.144 e. The van der Waals surface area contributed by atoms with E-state index >= 15 is 0 Å². The monoisotopic (exact) mass is 331 g/mol. The summed E-state index contributed by atoms with van der Waals surface area (Å²) in [5.41, 5.74) is 13.5. The molecule has 0 aliphatic heterocycles. The number of nitrogen functional groups attached to an aromatic ring is 2. The molecule has 0 aliphatic carbocycles. The lowest BCUT2D eigenvalue weighted by atomic mass is 10.2. The van der Waals surface area contributed by atoms with Crippen LogP contribution in [0, 0.1) is 6.92 Å². The molecule has 1 unspecified atom stereocenters. The van der Waals surface area contributed by atoms with Gasteiger partial charge in [-0.3, -0.25) is 0 Å². The Bertz CT molecular complexity index is 635. The number of rotatable bonds is 9. The van der Waals surface area contributed by atoms with Gasteiger partial charge in [-0.2, -0.15) is 0 Å². The third kappa shape index (κ3) is 5.64. The van der Waals surface area contributed by atoms with Gasteiger partial charge in [0.15, 0.2) is 0 Å². The van der Waals surface area contributed by atoms with Crippen LogP contribution in [0.2, 0.25) is 0 Å². The van der Waals surface area contributed by atoms with E-state index in [0.29, 0.717) is 36.8 Å². The zero-order valence-corrected chi connectivity index (χ0v) is 13.9. The molecular formula is C18H25N3O3. The van der Waals surface area contributed by atoms with Crippen molar-refractivity contribution >= 4 is 11.4 Å². The van der Waals surface area contributed by atoms with Crippen LogP contribution in [0.15, 0.2) is 42.5 Å². The third-order valence-corrected chi connectivity index (χ3v) is 3.42. The molecule has 2 aromatic rings. The van der Waals surface area contributed by atoms with E-state index in [2.05, 4.69) is 5.32 Å². The number of hydrogen-bond donors (Lipinski definition) is 4. The van der Waals surface area contributed by atoms with Crippen molar-refractivity contribution in [1.82, 2.24) is 5.32 Å². The van der Waals surface area contributed by atoms with E-state index in [1.165, 1.54) is 0 Å². The Balaban J connectivity index is 1.64. The molecule has 0 heterocycles. The van der Waals surface area contributed by atoms with Crippen molar-refractivity contribution in [2.24, 2.45) is 0 Å². The summed E-state index contributed by atoms with van der Waals surface area (Å²) in [4.78, 5) is 0. The van der Waals surface area contributed by atoms with Gasteiger partial charge in [0.2, 0.25) is 0 Å². The molecule has 2 aromatic carbocycles. The van der Waals surface area contributed by atoms with Gasteiger partial charge in [-0.1, -0.05) is 18.2 Å².